The molecule has 1 aromatic carbocycles. The average molecular weight is 265 g/mol. The number of aryl methyl sites for hydroxylation is 1. The van der Waals surface area contributed by atoms with Crippen LogP contribution in [0.1, 0.15) is 15.9 Å². The quantitative estimate of drug-likeness (QED) is 0.806. The number of aromatic carboxylic acids is 1. The molecule has 0 bridgehead atoms. The van der Waals surface area contributed by atoms with Crippen molar-refractivity contribution < 1.29 is 32.3 Å². The molecule has 0 aliphatic rings. The molecule has 0 spiro atoms. The molecule has 1 rings (SSSR count). The van der Waals surface area contributed by atoms with Crippen LogP contribution >= 0.6 is 0 Å². The molecule has 0 fully saturated rings. The zero-order valence-corrected chi connectivity index (χ0v) is 8.93. The van der Waals surface area contributed by atoms with Gasteiger partial charge in [0.15, 0.2) is 0 Å². The van der Waals surface area contributed by atoms with Crippen LogP contribution in [0.5, 0.6) is 0 Å². The Kier molecular flexibility index (Phi) is 3.59. The Balaban J connectivity index is 3.22. The van der Waals surface area contributed by atoms with Gasteiger partial charge in [0, 0.05) is 0 Å². The molecule has 1 amide bonds. The fourth-order valence-corrected chi connectivity index (χ4v) is 1.19. The first-order valence-corrected chi connectivity index (χ1v) is 4.55. The van der Waals surface area contributed by atoms with Crippen LogP contribution in [0.25, 0.3) is 0 Å². The molecule has 8 heteroatoms. The van der Waals surface area contributed by atoms with Gasteiger partial charge in [-0.15, -0.1) is 0 Å². The molecule has 0 unspecified atom stereocenters. The Bertz CT molecular complexity index is 511. The normalized spacial score (nSPS) is 11.2. The average Bonchev–Trinajstić information content (AvgIpc) is 2.21. The van der Waals surface area contributed by atoms with Crippen LogP contribution in [0.4, 0.5) is 23.2 Å². The van der Waals surface area contributed by atoms with Gasteiger partial charge in [-0.3, -0.25) is 4.79 Å². The zero-order valence-electron chi connectivity index (χ0n) is 8.93. The second kappa shape index (κ2) is 4.63. The summed E-state index contributed by atoms with van der Waals surface area (Å²) in [6, 6.07) is 1.96. The lowest BCUT2D eigenvalue weighted by atomic mass is 10.1. The van der Waals surface area contributed by atoms with Crippen LogP contribution in [-0.2, 0) is 4.79 Å². The number of halogens is 4. The van der Waals surface area contributed by atoms with Gasteiger partial charge in [0.25, 0.3) is 0 Å². The van der Waals surface area contributed by atoms with Gasteiger partial charge in [0.05, 0.1) is 5.69 Å². The van der Waals surface area contributed by atoms with E-state index in [4.69, 9.17) is 5.11 Å². The zero-order chi connectivity index (χ0) is 14.1. The van der Waals surface area contributed by atoms with Gasteiger partial charge < -0.3 is 10.4 Å². The summed E-state index contributed by atoms with van der Waals surface area (Å²) in [7, 11) is 0. The molecule has 0 heterocycles. The van der Waals surface area contributed by atoms with Crippen molar-refractivity contribution in [2.45, 2.75) is 13.1 Å². The first-order chi connectivity index (χ1) is 8.14. The Labute approximate surface area is 98.2 Å². The van der Waals surface area contributed by atoms with E-state index in [9.17, 15) is 27.2 Å². The summed E-state index contributed by atoms with van der Waals surface area (Å²) >= 11 is 0. The van der Waals surface area contributed by atoms with Crippen LogP contribution < -0.4 is 5.32 Å². The van der Waals surface area contributed by atoms with E-state index in [1.807, 2.05) is 0 Å². The second-order valence-electron chi connectivity index (χ2n) is 3.38. The number of carbonyl (C=O) groups is 2. The number of hydrogen-bond donors (Lipinski definition) is 2. The molecule has 1 aromatic rings. The maximum atomic E-state index is 13.4. The molecule has 0 saturated carbocycles. The number of carboxylic acid groups (broad SMARTS) is 1. The Hall–Kier alpha value is -2.12. The van der Waals surface area contributed by atoms with Gasteiger partial charge >= 0.3 is 18.1 Å². The van der Waals surface area contributed by atoms with E-state index < -0.39 is 35.1 Å². The lowest BCUT2D eigenvalue weighted by Gasteiger charge is -2.11. The summed E-state index contributed by atoms with van der Waals surface area (Å²) in [4.78, 5) is 21.4. The summed E-state index contributed by atoms with van der Waals surface area (Å²) in [5.74, 6) is -5.33. The predicted octanol–water partition coefficient (Wildman–Crippen LogP) is 2.33. The largest absolute Gasteiger partial charge is 0.478 e. The molecule has 0 saturated heterocycles. The highest BCUT2D eigenvalue weighted by molar-refractivity contribution is 6.02. The van der Waals surface area contributed by atoms with Gasteiger partial charge in [0.1, 0.15) is 11.4 Å². The number of rotatable bonds is 2. The SMILES string of the molecule is Cc1ccc(NC(=O)C(F)(F)F)c(C(=O)O)c1F. The summed E-state index contributed by atoms with van der Waals surface area (Å²) in [5.41, 5.74) is -1.81. The maximum absolute atomic E-state index is 13.4. The molecule has 2 N–H and O–H groups in total. The van der Waals surface area contributed by atoms with Crippen LogP contribution in [0.15, 0.2) is 12.1 Å². The number of carbonyl (C=O) groups excluding carboxylic acids is 1. The molecule has 0 aliphatic heterocycles. The first kappa shape index (κ1) is 13.9. The number of anilines is 1. The third kappa shape index (κ3) is 2.76. The summed E-state index contributed by atoms with van der Waals surface area (Å²) in [5, 5.41) is 10.0. The van der Waals surface area contributed by atoms with E-state index in [-0.39, 0.29) is 5.56 Å². The number of alkyl halides is 3. The van der Waals surface area contributed by atoms with Crippen molar-refractivity contribution in [3.8, 4) is 0 Å². The van der Waals surface area contributed by atoms with Gasteiger partial charge in [-0.1, -0.05) is 6.07 Å². The fraction of sp³-hybridized carbons (Fsp3) is 0.200. The maximum Gasteiger partial charge on any atom is 0.471 e. The van der Waals surface area contributed by atoms with E-state index in [1.54, 1.807) is 0 Å². The van der Waals surface area contributed by atoms with Crippen molar-refractivity contribution in [3.63, 3.8) is 0 Å². The molecule has 98 valence electrons. The van der Waals surface area contributed by atoms with Crippen LogP contribution in [0, 0.1) is 12.7 Å². The number of hydrogen-bond acceptors (Lipinski definition) is 2. The van der Waals surface area contributed by atoms with Crippen molar-refractivity contribution in [1.29, 1.82) is 0 Å². The third-order valence-electron chi connectivity index (χ3n) is 2.05. The first-order valence-electron chi connectivity index (χ1n) is 4.55. The molecule has 0 radical (unpaired) electrons. The minimum absolute atomic E-state index is 0.0580. The van der Waals surface area contributed by atoms with Crippen molar-refractivity contribution in [2.75, 3.05) is 5.32 Å². The van der Waals surface area contributed by atoms with Crippen molar-refractivity contribution in [2.24, 2.45) is 0 Å². The van der Waals surface area contributed by atoms with Gasteiger partial charge in [-0.2, -0.15) is 13.2 Å². The highest BCUT2D eigenvalue weighted by atomic mass is 19.4. The fourth-order valence-electron chi connectivity index (χ4n) is 1.19. The van der Waals surface area contributed by atoms with Gasteiger partial charge in [-0.25, -0.2) is 9.18 Å². The standard InChI is InChI=1S/C10H7F4NO3/c1-4-2-3-5(6(7(4)11)8(16)17)15-9(18)10(12,13)14/h2-3H,1H3,(H,15,18)(H,16,17). The summed E-state index contributed by atoms with van der Waals surface area (Å²) in [6.07, 6.45) is -5.18. The molecule has 18 heavy (non-hydrogen) atoms. The summed E-state index contributed by atoms with van der Waals surface area (Å²) in [6.45, 7) is 1.25. The van der Waals surface area contributed by atoms with E-state index in [1.165, 1.54) is 12.2 Å². The summed E-state index contributed by atoms with van der Waals surface area (Å²) < 4.78 is 49.4. The van der Waals surface area contributed by atoms with E-state index in [0.29, 0.717) is 0 Å². The van der Waals surface area contributed by atoms with Crippen LogP contribution in [0.2, 0.25) is 0 Å². The molecule has 4 nitrogen and oxygen atoms in total. The molecule has 0 aromatic heterocycles. The molecule has 0 aliphatic carbocycles. The van der Waals surface area contributed by atoms with Crippen LogP contribution in [-0.4, -0.2) is 23.2 Å². The van der Waals surface area contributed by atoms with Gasteiger partial charge in [0.2, 0.25) is 0 Å². The van der Waals surface area contributed by atoms with Crippen molar-refractivity contribution in [3.05, 3.63) is 29.1 Å². The highest BCUT2D eigenvalue weighted by Gasteiger charge is 2.39. The van der Waals surface area contributed by atoms with E-state index >= 15 is 0 Å². The topological polar surface area (TPSA) is 66.4 Å². The Morgan fingerprint density at radius 3 is 2.28 bits per heavy atom. The third-order valence-corrected chi connectivity index (χ3v) is 2.05. The number of amides is 1. The van der Waals surface area contributed by atoms with E-state index in [2.05, 4.69) is 0 Å². The number of carboxylic acids is 1. The minimum atomic E-state index is -5.18. The highest BCUT2D eigenvalue weighted by Crippen LogP contribution is 2.24. The van der Waals surface area contributed by atoms with Crippen LogP contribution in [0.3, 0.4) is 0 Å². The van der Waals surface area contributed by atoms with E-state index in [0.717, 1.165) is 12.1 Å². The molecular weight excluding hydrogens is 258 g/mol. The predicted molar refractivity (Wildman–Crippen MR) is 52.8 cm³/mol. The molecule has 0 atom stereocenters. The van der Waals surface area contributed by atoms with Gasteiger partial charge in [-0.05, 0) is 18.6 Å². The lowest BCUT2D eigenvalue weighted by molar-refractivity contribution is -0.167. The number of benzene rings is 1. The number of nitrogens with one attached hydrogen (secondary N) is 1. The molecular formula is C10H7F4NO3. The lowest BCUT2D eigenvalue weighted by Crippen LogP contribution is -2.30. The second-order valence-corrected chi connectivity index (χ2v) is 3.38. The Morgan fingerprint density at radius 1 is 1.28 bits per heavy atom. The van der Waals surface area contributed by atoms with Crippen molar-refractivity contribution >= 4 is 17.6 Å². The minimum Gasteiger partial charge on any atom is -0.478 e. The Morgan fingerprint density at radius 2 is 1.83 bits per heavy atom. The smallest absolute Gasteiger partial charge is 0.471 e. The monoisotopic (exact) mass is 265 g/mol. The van der Waals surface area contributed by atoms with Crippen molar-refractivity contribution in [1.82, 2.24) is 0 Å².